The number of halogens is 1. The third kappa shape index (κ3) is 2.82. The van der Waals surface area contributed by atoms with Gasteiger partial charge in [-0.2, -0.15) is 0 Å². The van der Waals surface area contributed by atoms with Gasteiger partial charge in [0, 0.05) is 12.1 Å². The smallest absolute Gasteiger partial charge is 0.339 e. The van der Waals surface area contributed by atoms with Gasteiger partial charge in [0.1, 0.15) is 5.78 Å². The van der Waals surface area contributed by atoms with Gasteiger partial charge in [0.05, 0.1) is 18.0 Å². The second-order valence-electron chi connectivity index (χ2n) is 3.22. The lowest BCUT2D eigenvalue weighted by atomic mass is 10.0. The van der Waals surface area contributed by atoms with E-state index in [0.29, 0.717) is 16.8 Å². The van der Waals surface area contributed by atoms with Crippen molar-refractivity contribution in [1.29, 1.82) is 0 Å². The zero-order chi connectivity index (χ0) is 12.1. The average molecular weight is 286 g/mol. The van der Waals surface area contributed by atoms with Crippen LogP contribution in [-0.4, -0.2) is 24.2 Å². The van der Waals surface area contributed by atoms with Gasteiger partial charge in [0.25, 0.3) is 0 Å². The zero-order valence-corrected chi connectivity index (χ0v) is 10.4. The quantitative estimate of drug-likeness (QED) is 0.518. The molecule has 0 aliphatic heterocycles. The number of rotatable bonds is 4. The third-order valence-corrected chi connectivity index (χ3v) is 2.76. The van der Waals surface area contributed by atoms with Crippen LogP contribution in [0.1, 0.15) is 15.9 Å². The van der Waals surface area contributed by atoms with Crippen LogP contribution >= 0.6 is 15.9 Å². The van der Waals surface area contributed by atoms with Gasteiger partial charge in [0.2, 0.25) is 0 Å². The monoisotopic (exact) mass is 285 g/mol. The van der Waals surface area contributed by atoms with Crippen LogP contribution in [0, 0.1) is 0 Å². The van der Waals surface area contributed by atoms with E-state index in [1.54, 1.807) is 18.2 Å². The van der Waals surface area contributed by atoms with E-state index < -0.39 is 5.97 Å². The Hall–Kier alpha value is -1.36. The first-order valence-corrected chi connectivity index (χ1v) is 5.75. The van der Waals surface area contributed by atoms with E-state index in [0.717, 1.165) is 0 Å². The minimum absolute atomic E-state index is 0.00807. The second kappa shape index (κ2) is 5.65. The average Bonchev–Trinajstić information content (AvgIpc) is 2.30. The Morgan fingerprint density at radius 2 is 2.12 bits per heavy atom. The number of alkyl halides is 1. The maximum Gasteiger partial charge on any atom is 0.339 e. The molecule has 0 aliphatic rings. The molecule has 16 heavy (non-hydrogen) atoms. The van der Waals surface area contributed by atoms with Gasteiger partial charge >= 0.3 is 5.97 Å². The summed E-state index contributed by atoms with van der Waals surface area (Å²) in [5, 5.41) is 0.273. The second-order valence-corrected chi connectivity index (χ2v) is 3.78. The van der Waals surface area contributed by atoms with Gasteiger partial charge in [-0.3, -0.25) is 4.79 Å². The van der Waals surface area contributed by atoms with E-state index in [2.05, 4.69) is 20.7 Å². The van der Waals surface area contributed by atoms with Gasteiger partial charge in [-0.15, -0.1) is 0 Å². The predicted molar refractivity (Wildman–Crippen MR) is 64.7 cm³/mol. The molecule has 0 fully saturated rings. The highest BCUT2D eigenvalue weighted by Gasteiger charge is 2.14. The fraction of sp³-hybridized carbons (Fsp3) is 0.273. The Morgan fingerprint density at radius 3 is 2.69 bits per heavy atom. The maximum absolute atomic E-state index is 11.3. The lowest BCUT2D eigenvalue weighted by molar-refractivity contribution is -0.115. The summed E-state index contributed by atoms with van der Waals surface area (Å²) in [6.45, 7) is 0. The molecular weight excluding hydrogens is 274 g/mol. The zero-order valence-electron chi connectivity index (χ0n) is 8.83. The Labute approximate surface area is 102 Å². The number of anilines is 1. The fourth-order valence-corrected chi connectivity index (χ4v) is 1.51. The molecule has 1 rings (SSSR count). The normalized spacial score (nSPS) is 9.88. The first-order chi connectivity index (χ1) is 7.60. The van der Waals surface area contributed by atoms with Crippen molar-refractivity contribution in [2.75, 3.05) is 18.2 Å². The summed E-state index contributed by atoms with van der Waals surface area (Å²) in [5.74, 6) is -0.487. The van der Waals surface area contributed by atoms with Crippen LogP contribution in [0.2, 0.25) is 0 Å². The lowest BCUT2D eigenvalue weighted by Gasteiger charge is -2.08. The molecule has 0 aliphatic carbocycles. The number of carbonyl (C=O) groups excluding carboxylic acids is 2. The van der Waals surface area contributed by atoms with Crippen molar-refractivity contribution in [1.82, 2.24) is 0 Å². The Kier molecular flexibility index (Phi) is 4.49. The Morgan fingerprint density at radius 1 is 1.44 bits per heavy atom. The Bertz CT molecular complexity index is 418. The summed E-state index contributed by atoms with van der Waals surface area (Å²) in [5.41, 5.74) is 7.04. The van der Waals surface area contributed by atoms with Crippen LogP contribution in [0.3, 0.4) is 0 Å². The van der Waals surface area contributed by atoms with Crippen LogP contribution < -0.4 is 5.73 Å². The van der Waals surface area contributed by atoms with E-state index >= 15 is 0 Å². The van der Waals surface area contributed by atoms with Crippen molar-refractivity contribution in [3.8, 4) is 0 Å². The van der Waals surface area contributed by atoms with Crippen LogP contribution in [0.15, 0.2) is 18.2 Å². The minimum Gasteiger partial charge on any atom is -0.465 e. The van der Waals surface area contributed by atoms with Crippen LogP contribution in [0.5, 0.6) is 0 Å². The lowest BCUT2D eigenvalue weighted by Crippen LogP contribution is -2.11. The molecule has 0 amide bonds. The molecule has 1 aromatic carbocycles. The van der Waals surface area contributed by atoms with Gasteiger partial charge in [-0.1, -0.05) is 28.1 Å². The van der Waals surface area contributed by atoms with Crippen molar-refractivity contribution in [2.24, 2.45) is 0 Å². The number of ketones is 1. The van der Waals surface area contributed by atoms with E-state index in [9.17, 15) is 9.59 Å². The number of esters is 1. The number of nitrogen functional groups attached to an aromatic ring is 1. The highest BCUT2D eigenvalue weighted by Crippen LogP contribution is 2.19. The molecule has 5 heteroatoms. The first-order valence-electron chi connectivity index (χ1n) is 4.63. The summed E-state index contributed by atoms with van der Waals surface area (Å²) in [6.07, 6.45) is 0.210. The molecule has 0 bridgehead atoms. The Balaban J connectivity index is 3.04. The highest BCUT2D eigenvalue weighted by molar-refractivity contribution is 9.09. The molecule has 0 heterocycles. The molecule has 4 nitrogen and oxygen atoms in total. The predicted octanol–water partition coefficient (Wildman–Crippen LogP) is 1.56. The first kappa shape index (κ1) is 12.7. The molecule has 86 valence electrons. The van der Waals surface area contributed by atoms with Gasteiger partial charge in [-0.25, -0.2) is 4.79 Å². The molecule has 2 N–H and O–H groups in total. The number of nitrogens with two attached hydrogens (primary N) is 1. The summed E-state index contributed by atoms with van der Waals surface area (Å²) < 4.78 is 4.59. The summed E-state index contributed by atoms with van der Waals surface area (Å²) in [6, 6.07) is 4.98. The molecule has 0 spiro atoms. The number of para-hydroxylation sites is 1. The van der Waals surface area contributed by atoms with Gasteiger partial charge < -0.3 is 10.5 Å². The van der Waals surface area contributed by atoms with Crippen LogP contribution in [0.4, 0.5) is 5.69 Å². The van der Waals surface area contributed by atoms with Crippen molar-refractivity contribution in [2.45, 2.75) is 6.42 Å². The maximum atomic E-state index is 11.3. The van der Waals surface area contributed by atoms with Gasteiger partial charge in [0.15, 0.2) is 0 Å². The van der Waals surface area contributed by atoms with Crippen LogP contribution in [0.25, 0.3) is 0 Å². The third-order valence-electron chi connectivity index (χ3n) is 2.14. The largest absolute Gasteiger partial charge is 0.465 e. The van der Waals surface area contributed by atoms with Crippen molar-refractivity contribution in [3.05, 3.63) is 29.3 Å². The van der Waals surface area contributed by atoms with Crippen LogP contribution in [-0.2, 0) is 16.0 Å². The molecule has 0 saturated heterocycles. The molecule has 0 unspecified atom stereocenters. The van der Waals surface area contributed by atoms with Crippen molar-refractivity contribution < 1.29 is 14.3 Å². The molecule has 0 aromatic heterocycles. The van der Waals surface area contributed by atoms with Crippen molar-refractivity contribution >= 4 is 33.4 Å². The summed E-state index contributed by atoms with van der Waals surface area (Å²) in [7, 11) is 1.29. The SMILES string of the molecule is COC(=O)c1cccc(CC(=O)CBr)c1N. The van der Waals surface area contributed by atoms with E-state index in [4.69, 9.17) is 5.73 Å². The minimum atomic E-state index is -0.495. The molecule has 0 saturated carbocycles. The number of benzene rings is 1. The number of Topliss-reactive ketones (excluding diaryl/α,β-unsaturated/α-hetero) is 1. The number of carbonyl (C=O) groups is 2. The van der Waals surface area contributed by atoms with E-state index in [-0.39, 0.29) is 17.5 Å². The standard InChI is InChI=1S/C11H12BrNO3/c1-16-11(15)9-4-2-3-7(10(9)13)5-8(14)6-12/h2-4H,5-6,13H2,1H3. The van der Waals surface area contributed by atoms with Crippen molar-refractivity contribution in [3.63, 3.8) is 0 Å². The number of hydrogen-bond donors (Lipinski definition) is 1. The molecule has 1 aromatic rings. The number of methoxy groups -OCH3 is 1. The number of hydrogen-bond acceptors (Lipinski definition) is 4. The topological polar surface area (TPSA) is 69.4 Å². The molecular formula is C11H12BrNO3. The summed E-state index contributed by atoms with van der Waals surface area (Å²) in [4.78, 5) is 22.6. The van der Waals surface area contributed by atoms with E-state index in [1.165, 1.54) is 7.11 Å². The number of ether oxygens (including phenoxy) is 1. The van der Waals surface area contributed by atoms with Gasteiger partial charge in [-0.05, 0) is 11.6 Å². The fourth-order valence-electron chi connectivity index (χ4n) is 1.31. The van der Waals surface area contributed by atoms with E-state index in [1.807, 2.05) is 0 Å². The summed E-state index contributed by atoms with van der Waals surface area (Å²) >= 11 is 3.08. The highest BCUT2D eigenvalue weighted by atomic mass is 79.9. The molecule has 0 atom stereocenters. The molecule has 0 radical (unpaired) electrons.